The molecule has 1 unspecified atom stereocenters. The zero-order valence-electron chi connectivity index (χ0n) is 8.20. The smallest absolute Gasteiger partial charge is 0.0804 e. The molecule has 0 aromatic carbocycles. The second-order valence-electron chi connectivity index (χ2n) is 2.56. The minimum atomic E-state index is 0.0551. The van der Waals surface area contributed by atoms with Crippen molar-refractivity contribution in [1.29, 1.82) is 0 Å². The Morgan fingerprint density at radius 1 is 1.23 bits per heavy atom. The topological polar surface area (TPSA) is 47.9 Å². The average molecular weight is 191 g/mol. The van der Waals surface area contributed by atoms with Crippen molar-refractivity contribution in [2.45, 2.75) is 12.5 Å². The van der Waals surface area contributed by atoms with Crippen LogP contribution in [-0.2, 0) is 14.2 Å². The highest BCUT2D eigenvalue weighted by Gasteiger charge is 2.02. The van der Waals surface area contributed by atoms with Gasteiger partial charge in [-0.1, -0.05) is 6.92 Å². The van der Waals surface area contributed by atoms with E-state index in [4.69, 9.17) is 19.3 Å². The molecule has 0 aromatic rings. The van der Waals surface area contributed by atoms with Gasteiger partial charge in [0.25, 0.3) is 0 Å². The largest absolute Gasteiger partial charge is 0.394 e. The highest BCUT2D eigenvalue weighted by atomic mass is 16.5. The Hall–Kier alpha value is -0.160. The maximum Gasteiger partial charge on any atom is 0.0804 e. The van der Waals surface area contributed by atoms with Crippen LogP contribution in [0.4, 0.5) is 0 Å². The van der Waals surface area contributed by atoms with Gasteiger partial charge in [-0.2, -0.15) is 0 Å². The first kappa shape index (κ1) is 12.8. The van der Waals surface area contributed by atoms with Gasteiger partial charge in [-0.05, 0) is 6.42 Å². The number of rotatable bonds is 9. The first-order valence-electron chi connectivity index (χ1n) is 4.43. The summed E-state index contributed by atoms with van der Waals surface area (Å²) in [7, 11) is 1.64. The second kappa shape index (κ2) is 9.92. The van der Waals surface area contributed by atoms with E-state index in [-0.39, 0.29) is 12.7 Å². The van der Waals surface area contributed by atoms with Crippen LogP contribution in [0, 0.1) is 6.92 Å². The first-order chi connectivity index (χ1) is 6.35. The zero-order chi connectivity index (χ0) is 9.94. The molecule has 0 aliphatic heterocycles. The summed E-state index contributed by atoms with van der Waals surface area (Å²) in [5.74, 6) is 0. The Kier molecular flexibility index (Phi) is 9.80. The van der Waals surface area contributed by atoms with E-state index in [2.05, 4.69) is 6.92 Å². The molecule has 0 fully saturated rings. The van der Waals surface area contributed by atoms with Crippen LogP contribution in [0.3, 0.4) is 0 Å². The highest BCUT2D eigenvalue weighted by Crippen LogP contribution is 1.95. The molecule has 0 bridgehead atoms. The second-order valence-corrected chi connectivity index (χ2v) is 2.56. The molecule has 0 aliphatic carbocycles. The molecule has 0 amide bonds. The van der Waals surface area contributed by atoms with E-state index in [1.165, 1.54) is 0 Å². The van der Waals surface area contributed by atoms with Crippen molar-refractivity contribution in [3.8, 4) is 0 Å². The summed E-state index contributed by atoms with van der Waals surface area (Å²) in [6.45, 7) is 5.72. The molecule has 13 heavy (non-hydrogen) atoms. The molecule has 1 N–H and O–H groups in total. The van der Waals surface area contributed by atoms with Crippen molar-refractivity contribution in [2.24, 2.45) is 0 Å². The Labute approximate surface area is 79.8 Å². The van der Waals surface area contributed by atoms with Crippen molar-refractivity contribution in [2.75, 3.05) is 40.1 Å². The van der Waals surface area contributed by atoms with Gasteiger partial charge in [-0.15, -0.1) is 0 Å². The van der Waals surface area contributed by atoms with E-state index in [1.807, 2.05) is 0 Å². The summed E-state index contributed by atoms with van der Waals surface area (Å²) in [5.41, 5.74) is 0. The van der Waals surface area contributed by atoms with Gasteiger partial charge in [0.15, 0.2) is 0 Å². The van der Waals surface area contributed by atoms with E-state index in [9.17, 15) is 0 Å². The predicted molar refractivity (Wildman–Crippen MR) is 49.5 cm³/mol. The molecule has 0 aromatic heterocycles. The van der Waals surface area contributed by atoms with Crippen molar-refractivity contribution in [3.63, 3.8) is 0 Å². The van der Waals surface area contributed by atoms with Gasteiger partial charge in [-0.3, -0.25) is 0 Å². The van der Waals surface area contributed by atoms with Crippen LogP contribution in [0.5, 0.6) is 0 Å². The molecule has 0 rings (SSSR count). The molecule has 0 saturated carbocycles. The van der Waals surface area contributed by atoms with Gasteiger partial charge in [-0.25, -0.2) is 0 Å². The van der Waals surface area contributed by atoms with E-state index in [1.54, 1.807) is 7.11 Å². The molecule has 0 spiro atoms. The normalized spacial score (nSPS) is 13.2. The van der Waals surface area contributed by atoms with Crippen LogP contribution >= 0.6 is 0 Å². The zero-order valence-corrected chi connectivity index (χ0v) is 8.20. The number of ether oxygens (including phenoxy) is 3. The maximum atomic E-state index is 8.39. The van der Waals surface area contributed by atoms with E-state index < -0.39 is 0 Å². The molecular formula is C9H19O4. The summed E-state index contributed by atoms with van der Waals surface area (Å²) in [5, 5.41) is 8.39. The lowest BCUT2D eigenvalue weighted by molar-refractivity contribution is -0.0160. The summed E-state index contributed by atoms with van der Waals surface area (Å²) in [4.78, 5) is 0. The van der Waals surface area contributed by atoms with Crippen molar-refractivity contribution >= 4 is 0 Å². The van der Waals surface area contributed by atoms with Crippen LogP contribution in [0.1, 0.15) is 6.42 Å². The summed E-state index contributed by atoms with van der Waals surface area (Å²) < 4.78 is 15.3. The molecule has 4 heteroatoms. The molecule has 0 saturated heterocycles. The van der Waals surface area contributed by atoms with Crippen LogP contribution in [0.2, 0.25) is 0 Å². The number of hydrogen-bond donors (Lipinski definition) is 1. The van der Waals surface area contributed by atoms with Crippen molar-refractivity contribution < 1.29 is 19.3 Å². The molecule has 79 valence electrons. The highest BCUT2D eigenvalue weighted by molar-refractivity contribution is 4.56. The summed E-state index contributed by atoms with van der Waals surface area (Å²) in [6.07, 6.45) is 0.770. The molecule has 0 aliphatic rings. The lowest BCUT2D eigenvalue weighted by Crippen LogP contribution is -2.19. The number of aliphatic hydroxyl groups is 1. The lowest BCUT2D eigenvalue weighted by atomic mass is 10.3. The third-order valence-electron chi connectivity index (χ3n) is 1.57. The molecule has 0 heterocycles. The van der Waals surface area contributed by atoms with Crippen LogP contribution < -0.4 is 0 Å². The molecule has 4 nitrogen and oxygen atoms in total. The number of aliphatic hydroxyl groups excluding tert-OH is 1. The van der Waals surface area contributed by atoms with Gasteiger partial charge in [0.05, 0.1) is 39.1 Å². The number of methoxy groups -OCH3 is 1. The van der Waals surface area contributed by atoms with Gasteiger partial charge in [0.1, 0.15) is 0 Å². The Morgan fingerprint density at radius 3 is 2.46 bits per heavy atom. The Bertz CT molecular complexity index is 93.6. The summed E-state index contributed by atoms with van der Waals surface area (Å²) in [6, 6.07) is 0. The fraction of sp³-hybridized carbons (Fsp3) is 0.889. The van der Waals surface area contributed by atoms with E-state index >= 15 is 0 Å². The monoisotopic (exact) mass is 191 g/mol. The first-order valence-corrected chi connectivity index (χ1v) is 4.43. The van der Waals surface area contributed by atoms with Gasteiger partial charge in [0.2, 0.25) is 0 Å². The maximum absolute atomic E-state index is 8.39. The third-order valence-corrected chi connectivity index (χ3v) is 1.57. The third kappa shape index (κ3) is 8.18. The van der Waals surface area contributed by atoms with Crippen molar-refractivity contribution in [1.82, 2.24) is 0 Å². The average Bonchev–Trinajstić information content (AvgIpc) is 2.17. The van der Waals surface area contributed by atoms with E-state index in [0.29, 0.717) is 32.8 Å². The SMILES string of the molecule is [CH2]CC(COCCOCCO)OC. The fourth-order valence-corrected chi connectivity index (χ4v) is 0.768. The summed E-state index contributed by atoms with van der Waals surface area (Å²) >= 11 is 0. The van der Waals surface area contributed by atoms with Gasteiger partial charge in [0, 0.05) is 7.11 Å². The standard InChI is InChI=1S/C9H19O4/c1-3-9(11-2)8-13-7-6-12-5-4-10/h9-10H,1,3-8H2,2H3. The van der Waals surface area contributed by atoms with Gasteiger partial charge < -0.3 is 19.3 Å². The van der Waals surface area contributed by atoms with Gasteiger partial charge >= 0.3 is 0 Å². The van der Waals surface area contributed by atoms with Crippen LogP contribution in [0.15, 0.2) is 0 Å². The van der Waals surface area contributed by atoms with Crippen molar-refractivity contribution in [3.05, 3.63) is 6.92 Å². The fourth-order valence-electron chi connectivity index (χ4n) is 0.768. The number of hydrogen-bond acceptors (Lipinski definition) is 4. The van der Waals surface area contributed by atoms with Crippen LogP contribution in [0.25, 0.3) is 0 Å². The van der Waals surface area contributed by atoms with Crippen LogP contribution in [-0.4, -0.2) is 51.4 Å². The Morgan fingerprint density at radius 2 is 1.92 bits per heavy atom. The Balaban J connectivity index is 3.05. The molecule has 1 atom stereocenters. The van der Waals surface area contributed by atoms with E-state index in [0.717, 1.165) is 0 Å². The molecule has 1 radical (unpaired) electrons. The minimum absolute atomic E-state index is 0.0551. The molecular weight excluding hydrogens is 172 g/mol. The predicted octanol–water partition coefficient (Wildman–Crippen LogP) is 0.251. The minimum Gasteiger partial charge on any atom is -0.394 e. The lowest BCUT2D eigenvalue weighted by Gasteiger charge is -2.12. The quantitative estimate of drug-likeness (QED) is 0.531.